The second kappa shape index (κ2) is 5.34. The summed E-state index contributed by atoms with van der Waals surface area (Å²) in [6.07, 6.45) is 0. The molecule has 0 heterocycles. The van der Waals surface area contributed by atoms with E-state index in [9.17, 15) is 5.26 Å². The van der Waals surface area contributed by atoms with E-state index < -0.39 is 0 Å². The molecule has 0 radical (unpaired) electrons. The average Bonchev–Trinajstić information content (AvgIpc) is 2.37. The molecule has 0 aliphatic heterocycles. The first-order chi connectivity index (χ1) is 9.02. The highest BCUT2D eigenvalue weighted by molar-refractivity contribution is 6.30. The Balaban J connectivity index is 2.50. The van der Waals surface area contributed by atoms with Crippen molar-refractivity contribution in [3.8, 4) is 6.07 Å². The number of nitrogens with zero attached hydrogens (tertiary/aromatic N) is 2. The third kappa shape index (κ3) is 2.72. The number of hydrogen-bond acceptors (Lipinski definition) is 2. The molecule has 0 saturated heterocycles. The molecular formula is C16H15ClN2. The number of hydrogen-bond donors (Lipinski definition) is 0. The zero-order valence-corrected chi connectivity index (χ0v) is 12.0. The van der Waals surface area contributed by atoms with Crippen LogP contribution in [0.5, 0.6) is 0 Å². The van der Waals surface area contributed by atoms with Gasteiger partial charge in [-0.25, -0.2) is 0 Å². The van der Waals surface area contributed by atoms with Crippen LogP contribution < -0.4 is 4.90 Å². The fraction of sp³-hybridized carbons (Fsp3) is 0.188. The summed E-state index contributed by atoms with van der Waals surface area (Å²) in [5, 5.41) is 9.79. The second-order valence-electron chi connectivity index (χ2n) is 4.62. The zero-order valence-electron chi connectivity index (χ0n) is 11.2. The van der Waals surface area contributed by atoms with Gasteiger partial charge in [0.15, 0.2) is 0 Å². The molecule has 0 saturated carbocycles. The molecule has 96 valence electrons. The van der Waals surface area contributed by atoms with E-state index in [1.165, 1.54) is 11.1 Å². The van der Waals surface area contributed by atoms with Crippen molar-refractivity contribution in [2.45, 2.75) is 13.8 Å². The number of halogens is 1. The van der Waals surface area contributed by atoms with Crippen LogP contribution in [0.1, 0.15) is 16.7 Å². The number of anilines is 2. The van der Waals surface area contributed by atoms with Crippen molar-refractivity contribution < 1.29 is 0 Å². The van der Waals surface area contributed by atoms with Gasteiger partial charge < -0.3 is 4.90 Å². The Morgan fingerprint density at radius 1 is 1.05 bits per heavy atom. The summed E-state index contributed by atoms with van der Waals surface area (Å²) >= 11 is 5.93. The topological polar surface area (TPSA) is 27.0 Å². The molecule has 0 aliphatic rings. The monoisotopic (exact) mass is 270 g/mol. The van der Waals surface area contributed by atoms with Crippen LogP contribution in [0.25, 0.3) is 0 Å². The maximum absolute atomic E-state index is 9.22. The van der Waals surface area contributed by atoms with Crippen molar-refractivity contribution in [3.63, 3.8) is 0 Å². The van der Waals surface area contributed by atoms with Gasteiger partial charge in [0.05, 0.1) is 11.3 Å². The molecular weight excluding hydrogens is 256 g/mol. The van der Waals surface area contributed by atoms with E-state index in [-0.39, 0.29) is 0 Å². The quantitative estimate of drug-likeness (QED) is 0.798. The zero-order chi connectivity index (χ0) is 14.0. The van der Waals surface area contributed by atoms with Gasteiger partial charge in [-0.15, -0.1) is 0 Å². The van der Waals surface area contributed by atoms with Crippen LogP contribution in [0.3, 0.4) is 0 Å². The number of rotatable bonds is 2. The first-order valence-corrected chi connectivity index (χ1v) is 6.41. The molecule has 2 aromatic carbocycles. The molecule has 2 nitrogen and oxygen atoms in total. The fourth-order valence-electron chi connectivity index (χ4n) is 2.20. The fourth-order valence-corrected chi connectivity index (χ4v) is 2.37. The van der Waals surface area contributed by atoms with Crippen LogP contribution >= 0.6 is 11.6 Å². The molecule has 0 atom stereocenters. The van der Waals surface area contributed by atoms with Crippen LogP contribution in [-0.4, -0.2) is 7.05 Å². The van der Waals surface area contributed by atoms with Crippen molar-refractivity contribution in [1.29, 1.82) is 5.26 Å². The molecule has 3 heteroatoms. The number of nitriles is 1. The molecule has 0 aliphatic carbocycles. The largest absolute Gasteiger partial charge is 0.343 e. The van der Waals surface area contributed by atoms with Crippen LogP contribution in [0.2, 0.25) is 5.02 Å². The highest BCUT2D eigenvalue weighted by Crippen LogP contribution is 2.31. The lowest BCUT2D eigenvalue weighted by Gasteiger charge is -2.23. The van der Waals surface area contributed by atoms with E-state index in [2.05, 4.69) is 38.1 Å². The van der Waals surface area contributed by atoms with E-state index in [1.807, 2.05) is 18.0 Å². The normalized spacial score (nSPS) is 10.1. The van der Waals surface area contributed by atoms with E-state index >= 15 is 0 Å². The summed E-state index contributed by atoms with van der Waals surface area (Å²) in [5.74, 6) is 0. The lowest BCUT2D eigenvalue weighted by molar-refractivity contribution is 1.17. The highest BCUT2D eigenvalue weighted by Gasteiger charge is 2.11. The summed E-state index contributed by atoms with van der Waals surface area (Å²) in [6, 6.07) is 13.8. The maximum atomic E-state index is 9.22. The minimum Gasteiger partial charge on any atom is -0.343 e. The average molecular weight is 271 g/mol. The maximum Gasteiger partial charge on any atom is 0.101 e. The van der Waals surface area contributed by atoms with Crippen LogP contribution in [0.15, 0.2) is 36.4 Å². The van der Waals surface area contributed by atoms with E-state index in [4.69, 9.17) is 11.6 Å². The van der Waals surface area contributed by atoms with Gasteiger partial charge in [0.1, 0.15) is 6.07 Å². The lowest BCUT2D eigenvalue weighted by Crippen LogP contribution is -2.12. The summed E-state index contributed by atoms with van der Waals surface area (Å²) in [4.78, 5) is 2.02. The van der Waals surface area contributed by atoms with E-state index in [0.29, 0.717) is 10.6 Å². The Morgan fingerprint density at radius 3 is 2.37 bits per heavy atom. The lowest BCUT2D eigenvalue weighted by atomic mass is 10.1. The Labute approximate surface area is 118 Å². The first-order valence-electron chi connectivity index (χ1n) is 6.03. The third-order valence-corrected chi connectivity index (χ3v) is 3.39. The second-order valence-corrected chi connectivity index (χ2v) is 5.06. The van der Waals surface area contributed by atoms with Gasteiger partial charge in [0.2, 0.25) is 0 Å². The van der Waals surface area contributed by atoms with Crippen molar-refractivity contribution >= 4 is 23.0 Å². The van der Waals surface area contributed by atoms with Crippen molar-refractivity contribution in [2.24, 2.45) is 0 Å². The Morgan fingerprint density at radius 2 is 1.74 bits per heavy atom. The molecule has 0 N–H and O–H groups in total. The SMILES string of the molecule is Cc1ccc(N(C)c2ccc(Cl)cc2C#N)c(C)c1. The smallest absolute Gasteiger partial charge is 0.101 e. The summed E-state index contributed by atoms with van der Waals surface area (Å²) in [5.41, 5.74) is 4.94. The first kappa shape index (κ1) is 13.5. The van der Waals surface area contributed by atoms with Gasteiger partial charge in [-0.1, -0.05) is 29.3 Å². The van der Waals surface area contributed by atoms with Gasteiger partial charge in [0.25, 0.3) is 0 Å². The van der Waals surface area contributed by atoms with Gasteiger partial charge in [-0.05, 0) is 43.7 Å². The third-order valence-electron chi connectivity index (χ3n) is 3.15. The van der Waals surface area contributed by atoms with E-state index in [1.54, 1.807) is 12.1 Å². The summed E-state index contributed by atoms with van der Waals surface area (Å²) < 4.78 is 0. The molecule has 2 aromatic rings. The summed E-state index contributed by atoms with van der Waals surface area (Å²) in [7, 11) is 1.96. The standard InChI is InChI=1S/C16H15ClN2/c1-11-4-6-15(12(2)8-11)19(3)16-7-5-14(17)9-13(16)10-18/h4-9H,1-3H3. The highest BCUT2D eigenvalue weighted by atomic mass is 35.5. The predicted octanol–water partition coefficient (Wildman–Crippen LogP) is 4.60. The van der Waals surface area contributed by atoms with E-state index in [0.717, 1.165) is 11.4 Å². The number of aryl methyl sites for hydroxylation is 2. The predicted molar refractivity (Wildman–Crippen MR) is 80.1 cm³/mol. The molecule has 0 amide bonds. The van der Waals surface area contributed by atoms with Crippen molar-refractivity contribution in [1.82, 2.24) is 0 Å². The van der Waals surface area contributed by atoms with Crippen molar-refractivity contribution in [2.75, 3.05) is 11.9 Å². The molecule has 0 bridgehead atoms. The van der Waals surface area contributed by atoms with Crippen LogP contribution in [-0.2, 0) is 0 Å². The van der Waals surface area contributed by atoms with Gasteiger partial charge >= 0.3 is 0 Å². The molecule has 0 spiro atoms. The molecule has 0 unspecified atom stereocenters. The van der Waals surface area contributed by atoms with Crippen LogP contribution in [0, 0.1) is 25.2 Å². The van der Waals surface area contributed by atoms with Crippen LogP contribution in [0.4, 0.5) is 11.4 Å². The van der Waals surface area contributed by atoms with Crippen molar-refractivity contribution in [3.05, 3.63) is 58.1 Å². The molecule has 0 aromatic heterocycles. The number of benzene rings is 2. The van der Waals surface area contributed by atoms with Gasteiger partial charge in [-0.3, -0.25) is 0 Å². The molecule has 19 heavy (non-hydrogen) atoms. The minimum absolute atomic E-state index is 0.578. The Hall–Kier alpha value is -1.98. The van der Waals surface area contributed by atoms with Gasteiger partial charge in [-0.2, -0.15) is 5.26 Å². The molecule has 0 fully saturated rings. The Bertz CT molecular complexity index is 656. The minimum atomic E-state index is 0.578. The summed E-state index contributed by atoms with van der Waals surface area (Å²) in [6.45, 7) is 4.14. The Kier molecular flexibility index (Phi) is 3.78. The van der Waals surface area contributed by atoms with Gasteiger partial charge in [0, 0.05) is 17.8 Å². The molecule has 2 rings (SSSR count).